The molecular formula is C34H46N3O4S+. The van der Waals surface area contributed by atoms with E-state index in [0.29, 0.717) is 6.42 Å². The van der Waals surface area contributed by atoms with Gasteiger partial charge < -0.3 is 10.6 Å². The average Bonchev–Trinajstić information content (AvgIpc) is 3.26. The second-order valence-electron chi connectivity index (χ2n) is 12.6. The van der Waals surface area contributed by atoms with E-state index >= 15 is 0 Å². The van der Waals surface area contributed by atoms with E-state index in [0.717, 1.165) is 55.7 Å². The number of ketones is 1. The largest absolute Gasteiger partial charge is 0.344 e. The van der Waals surface area contributed by atoms with Gasteiger partial charge in [0.1, 0.15) is 12.3 Å². The van der Waals surface area contributed by atoms with Crippen molar-refractivity contribution in [1.29, 1.82) is 0 Å². The minimum absolute atomic E-state index is 0.0767. The Balaban J connectivity index is 1.71. The number of fused-ring (bicyclic) bond motifs is 2. The van der Waals surface area contributed by atoms with E-state index in [1.807, 2.05) is 0 Å². The third-order valence-electron chi connectivity index (χ3n) is 8.73. The highest BCUT2D eigenvalue weighted by Crippen LogP contribution is 2.48. The van der Waals surface area contributed by atoms with Crippen LogP contribution in [0, 0.1) is 6.92 Å². The van der Waals surface area contributed by atoms with E-state index in [4.69, 9.17) is 5.73 Å². The monoisotopic (exact) mass is 592 g/mol. The van der Waals surface area contributed by atoms with E-state index in [9.17, 15) is 17.8 Å². The van der Waals surface area contributed by atoms with Gasteiger partial charge in [-0.2, -0.15) is 13.0 Å². The molecule has 8 heteroatoms. The fourth-order valence-corrected chi connectivity index (χ4v) is 6.92. The van der Waals surface area contributed by atoms with E-state index in [1.54, 1.807) is 12.1 Å². The van der Waals surface area contributed by atoms with Crippen LogP contribution in [-0.2, 0) is 25.7 Å². The molecule has 4 rings (SSSR count). The molecule has 0 aromatic heterocycles. The van der Waals surface area contributed by atoms with Crippen LogP contribution in [0.4, 0.5) is 11.4 Å². The zero-order valence-corrected chi connectivity index (χ0v) is 26.7. The van der Waals surface area contributed by atoms with Gasteiger partial charge in [-0.3, -0.25) is 9.35 Å². The number of anilines is 1. The van der Waals surface area contributed by atoms with Crippen LogP contribution < -0.4 is 10.6 Å². The summed E-state index contributed by atoms with van der Waals surface area (Å²) in [7, 11) is -4.33. The molecular weight excluding hydrogens is 546 g/mol. The summed E-state index contributed by atoms with van der Waals surface area (Å²) >= 11 is 0. The number of nitrogens with zero attached hydrogens (tertiary/aromatic N) is 2. The van der Waals surface area contributed by atoms with Gasteiger partial charge in [0.25, 0.3) is 10.1 Å². The van der Waals surface area contributed by atoms with Crippen molar-refractivity contribution in [2.24, 2.45) is 5.73 Å². The van der Waals surface area contributed by atoms with Crippen LogP contribution >= 0.6 is 0 Å². The predicted molar refractivity (Wildman–Crippen MR) is 171 cm³/mol. The van der Waals surface area contributed by atoms with Crippen LogP contribution in [0.3, 0.4) is 0 Å². The number of nitrogens with two attached hydrogens (primary N) is 1. The lowest BCUT2D eigenvalue weighted by Crippen LogP contribution is -2.28. The van der Waals surface area contributed by atoms with Crippen molar-refractivity contribution in [3.63, 3.8) is 0 Å². The lowest BCUT2D eigenvalue weighted by atomic mass is 9.80. The molecule has 2 heterocycles. The zero-order chi connectivity index (χ0) is 30.9. The number of carbonyl (C=O) groups is 1. The molecule has 0 saturated heterocycles. The Labute approximate surface area is 251 Å². The molecule has 0 radical (unpaired) electrons. The maximum absolute atomic E-state index is 12.0. The van der Waals surface area contributed by atoms with E-state index in [2.05, 4.69) is 87.4 Å². The fourth-order valence-electron chi connectivity index (χ4n) is 6.41. The normalized spacial score (nSPS) is 18.3. The molecule has 2 aromatic carbocycles. The van der Waals surface area contributed by atoms with Gasteiger partial charge in [-0.1, -0.05) is 44.9 Å². The minimum Gasteiger partial charge on any atom is -0.344 e. The Bertz CT molecular complexity index is 1560. The predicted octanol–water partition coefficient (Wildman–Crippen LogP) is 6.35. The molecule has 226 valence electrons. The maximum atomic E-state index is 12.0. The molecule has 2 aliphatic rings. The lowest BCUT2D eigenvalue weighted by molar-refractivity contribution is -0.437. The summed E-state index contributed by atoms with van der Waals surface area (Å²) in [4.78, 5) is 13.8. The van der Waals surface area contributed by atoms with Crippen LogP contribution in [0.2, 0.25) is 0 Å². The number of aryl methyl sites for hydroxylation is 1. The first-order valence-electron chi connectivity index (χ1n) is 15.0. The molecule has 0 fully saturated rings. The molecule has 2 aromatic rings. The molecule has 2 aliphatic heterocycles. The van der Waals surface area contributed by atoms with Gasteiger partial charge in [0.2, 0.25) is 5.69 Å². The number of allylic oxidation sites excluding steroid dienone is 4. The van der Waals surface area contributed by atoms with E-state index in [-0.39, 0.29) is 22.6 Å². The van der Waals surface area contributed by atoms with Crippen LogP contribution in [-0.4, -0.2) is 48.7 Å². The molecule has 7 nitrogen and oxygen atoms in total. The van der Waals surface area contributed by atoms with Crippen molar-refractivity contribution in [3.05, 3.63) is 77.0 Å². The van der Waals surface area contributed by atoms with Gasteiger partial charge in [0, 0.05) is 53.9 Å². The molecule has 0 atom stereocenters. The zero-order valence-electron chi connectivity index (χ0n) is 25.9. The SMILES string of the molecule is CCC[N+]1=C(/C=C/C=C2/N(CCCCCC(=O)CN)c3ccc(S(=O)(=O)O)cc3C2(C)C)C(C)(C)c2cc(C)ccc21. The first-order valence-corrected chi connectivity index (χ1v) is 16.4. The van der Waals surface area contributed by atoms with Crippen molar-refractivity contribution < 1.29 is 22.3 Å². The molecule has 0 saturated carbocycles. The Hall–Kier alpha value is -3.07. The van der Waals surface area contributed by atoms with Crippen LogP contribution in [0.1, 0.15) is 83.4 Å². The number of rotatable bonds is 12. The van der Waals surface area contributed by atoms with Gasteiger partial charge in [-0.15, -0.1) is 0 Å². The molecule has 0 amide bonds. The first kappa shape index (κ1) is 31.9. The molecule has 0 aliphatic carbocycles. The third kappa shape index (κ3) is 6.17. The topological polar surface area (TPSA) is 104 Å². The summed E-state index contributed by atoms with van der Waals surface area (Å²) in [5, 5.41) is 0. The second-order valence-corrected chi connectivity index (χ2v) is 14.0. The summed E-state index contributed by atoms with van der Waals surface area (Å²) in [5.41, 5.74) is 12.8. The van der Waals surface area contributed by atoms with Crippen molar-refractivity contribution in [2.45, 2.75) is 89.4 Å². The van der Waals surface area contributed by atoms with Crippen molar-refractivity contribution in [1.82, 2.24) is 0 Å². The number of Topliss-reactive ketones (excluding diaryl/α,β-unsaturated/α-hetero) is 1. The lowest BCUT2D eigenvalue weighted by Gasteiger charge is -2.27. The Morgan fingerprint density at radius 1 is 1.02 bits per heavy atom. The smallest absolute Gasteiger partial charge is 0.294 e. The number of hydrogen-bond donors (Lipinski definition) is 2. The Morgan fingerprint density at radius 3 is 2.43 bits per heavy atom. The summed E-state index contributed by atoms with van der Waals surface area (Å²) in [6.07, 6.45) is 10.6. The van der Waals surface area contributed by atoms with Crippen LogP contribution in [0.15, 0.2) is 65.2 Å². The fraction of sp³-hybridized carbons (Fsp3) is 0.471. The molecule has 0 bridgehead atoms. The maximum Gasteiger partial charge on any atom is 0.294 e. The Kier molecular flexibility index (Phi) is 9.31. The van der Waals surface area contributed by atoms with Gasteiger partial charge in [0.05, 0.1) is 16.9 Å². The number of unbranched alkanes of at least 4 members (excludes halogenated alkanes) is 2. The van der Waals surface area contributed by atoms with Crippen molar-refractivity contribution >= 4 is 33.0 Å². The average molecular weight is 593 g/mol. The van der Waals surface area contributed by atoms with E-state index < -0.39 is 15.5 Å². The number of benzene rings is 2. The van der Waals surface area contributed by atoms with Crippen molar-refractivity contribution in [3.8, 4) is 0 Å². The van der Waals surface area contributed by atoms with Gasteiger partial charge in [-0.05, 0) is 69.5 Å². The summed E-state index contributed by atoms with van der Waals surface area (Å²) in [6, 6.07) is 11.6. The van der Waals surface area contributed by atoms with Crippen LogP contribution in [0.5, 0.6) is 0 Å². The number of hydrogen-bond acceptors (Lipinski definition) is 5. The van der Waals surface area contributed by atoms with Gasteiger partial charge in [0.15, 0.2) is 5.71 Å². The molecule has 0 unspecified atom stereocenters. The first-order chi connectivity index (χ1) is 19.7. The quantitative estimate of drug-likeness (QED) is 0.169. The molecule has 42 heavy (non-hydrogen) atoms. The number of carbonyl (C=O) groups excluding carboxylic acids is 1. The highest BCUT2D eigenvalue weighted by Gasteiger charge is 2.44. The van der Waals surface area contributed by atoms with Crippen LogP contribution in [0.25, 0.3) is 0 Å². The summed E-state index contributed by atoms with van der Waals surface area (Å²) in [6.45, 7) is 14.8. The minimum atomic E-state index is -4.33. The van der Waals surface area contributed by atoms with Gasteiger partial charge >= 0.3 is 0 Å². The van der Waals surface area contributed by atoms with Crippen molar-refractivity contribution in [2.75, 3.05) is 24.5 Å². The highest BCUT2D eigenvalue weighted by atomic mass is 32.2. The highest BCUT2D eigenvalue weighted by molar-refractivity contribution is 7.85. The molecule has 3 N–H and O–H groups in total. The summed E-state index contributed by atoms with van der Waals surface area (Å²) < 4.78 is 36.1. The Morgan fingerprint density at radius 2 is 1.76 bits per heavy atom. The summed E-state index contributed by atoms with van der Waals surface area (Å²) in [5.74, 6) is 0.0767. The molecule has 0 spiro atoms. The van der Waals surface area contributed by atoms with E-state index in [1.165, 1.54) is 28.6 Å². The second kappa shape index (κ2) is 12.3. The third-order valence-corrected chi connectivity index (χ3v) is 9.58. The van der Waals surface area contributed by atoms with Gasteiger partial charge in [-0.25, -0.2) is 0 Å². The standard InChI is InChI=1S/C34H45N3O4S/c1-7-19-36-29-17-15-24(2)21-27(29)33(3,4)31(36)13-11-14-32-34(5,6)28-22-26(42(39,40)41)16-18-30(28)37(32)20-10-8-9-12-25(38)23-35/h11,13-18,21-22H,7-10,12,19-20,23,35H2,1-6H3/p+1.